The molecule has 3 fully saturated rings. The normalized spacial score (nSPS) is 41.8. The van der Waals surface area contributed by atoms with Gasteiger partial charge < -0.3 is 58.7 Å². The highest BCUT2D eigenvalue weighted by atomic mass is 16.8. The SMILES string of the molecule is COc1ccc(C(=O)O[C@@H]2[C@H]3C=CO[C@H](O[C@@H]4O[C@H](CO)[C@@H](O)[C@H](O)[C@H]4O)[C@H]3[C@@]3(CO)O[C@@H]23)cc1OC. The predicted octanol–water partition coefficient (Wildman–Crippen LogP) is -1.71. The molecule has 37 heavy (non-hydrogen) atoms. The molecule has 1 saturated carbocycles. The molecule has 5 rings (SSSR count). The van der Waals surface area contributed by atoms with Crippen LogP contribution in [0.4, 0.5) is 0 Å². The van der Waals surface area contributed by atoms with Gasteiger partial charge in [0.15, 0.2) is 17.8 Å². The van der Waals surface area contributed by atoms with Gasteiger partial charge in [0.25, 0.3) is 0 Å². The van der Waals surface area contributed by atoms with Gasteiger partial charge in [-0.05, 0) is 24.3 Å². The molecule has 1 aromatic rings. The van der Waals surface area contributed by atoms with Crippen LogP contribution >= 0.6 is 0 Å². The highest BCUT2D eigenvalue weighted by Gasteiger charge is 2.77. The van der Waals surface area contributed by atoms with E-state index in [9.17, 15) is 30.3 Å². The van der Waals surface area contributed by atoms with Crippen molar-refractivity contribution in [2.24, 2.45) is 11.8 Å². The summed E-state index contributed by atoms with van der Waals surface area (Å²) in [5.74, 6) is -1.00. The maximum Gasteiger partial charge on any atom is 0.338 e. The van der Waals surface area contributed by atoms with Crippen molar-refractivity contribution in [2.75, 3.05) is 27.4 Å². The second kappa shape index (κ2) is 10.0. The number of hydrogen-bond donors (Lipinski definition) is 5. The van der Waals surface area contributed by atoms with Crippen LogP contribution in [-0.2, 0) is 23.7 Å². The lowest BCUT2D eigenvalue weighted by Gasteiger charge is -2.43. The summed E-state index contributed by atoms with van der Waals surface area (Å²) in [6.45, 7) is -1.04. The molecule has 204 valence electrons. The maximum absolute atomic E-state index is 13.0. The van der Waals surface area contributed by atoms with E-state index in [4.69, 9.17) is 33.2 Å². The molecular weight excluding hydrogens is 496 g/mol. The summed E-state index contributed by atoms with van der Waals surface area (Å²) in [6.07, 6.45) is -7.02. The largest absolute Gasteiger partial charge is 0.493 e. The second-order valence-corrected chi connectivity index (χ2v) is 9.36. The zero-order chi connectivity index (χ0) is 26.5. The number of benzene rings is 1. The minimum Gasteiger partial charge on any atom is -0.493 e. The van der Waals surface area contributed by atoms with Gasteiger partial charge in [0.05, 0.1) is 45.2 Å². The third kappa shape index (κ3) is 4.25. The van der Waals surface area contributed by atoms with Crippen LogP contribution in [0.3, 0.4) is 0 Å². The lowest BCUT2D eigenvalue weighted by Crippen LogP contribution is -2.60. The lowest BCUT2D eigenvalue weighted by molar-refractivity contribution is -0.344. The smallest absolute Gasteiger partial charge is 0.338 e. The Morgan fingerprint density at radius 3 is 2.46 bits per heavy atom. The highest BCUT2D eigenvalue weighted by molar-refractivity contribution is 5.90. The van der Waals surface area contributed by atoms with Gasteiger partial charge in [-0.1, -0.05) is 0 Å². The van der Waals surface area contributed by atoms with Crippen molar-refractivity contribution >= 4 is 5.97 Å². The molecular formula is C24H30O13. The van der Waals surface area contributed by atoms with Gasteiger partial charge in [-0.2, -0.15) is 0 Å². The van der Waals surface area contributed by atoms with E-state index in [2.05, 4.69) is 0 Å². The molecule has 0 radical (unpaired) electrons. The molecule has 3 aliphatic heterocycles. The third-order valence-corrected chi connectivity index (χ3v) is 7.46. The average Bonchev–Trinajstić information content (AvgIpc) is 3.60. The van der Waals surface area contributed by atoms with E-state index < -0.39 is 85.8 Å². The predicted molar refractivity (Wildman–Crippen MR) is 119 cm³/mol. The van der Waals surface area contributed by atoms with Crippen molar-refractivity contribution < 1.29 is 63.5 Å². The fourth-order valence-corrected chi connectivity index (χ4v) is 5.44. The number of hydrogen-bond acceptors (Lipinski definition) is 13. The topological polar surface area (TPSA) is 186 Å². The summed E-state index contributed by atoms with van der Waals surface area (Å²) in [7, 11) is 2.93. The fraction of sp³-hybridized carbons (Fsp3) is 0.625. The second-order valence-electron chi connectivity index (χ2n) is 9.36. The van der Waals surface area contributed by atoms with Crippen LogP contribution in [0.25, 0.3) is 0 Å². The third-order valence-electron chi connectivity index (χ3n) is 7.46. The molecule has 5 N–H and O–H groups in total. The van der Waals surface area contributed by atoms with Crippen molar-refractivity contribution in [1.82, 2.24) is 0 Å². The maximum atomic E-state index is 13.0. The standard InChI is InChI=1S/C24H30O13/c1-31-12-4-3-10(7-13(12)32-2)21(30)35-19-11-5-6-33-22(15(11)24(9-26)20(19)37-24)36-23-18(29)17(28)16(27)14(8-25)34-23/h3-7,11,14-20,22-23,25-29H,8-9H2,1-2H3/t11-,14+,15-,16+,17-,18+,19+,20-,22+,23-,24+/m0/s1. The summed E-state index contributed by atoms with van der Waals surface area (Å²) >= 11 is 0. The zero-order valence-electron chi connectivity index (χ0n) is 20.1. The van der Waals surface area contributed by atoms with Crippen LogP contribution in [0, 0.1) is 11.8 Å². The Bertz CT molecular complexity index is 1030. The Morgan fingerprint density at radius 1 is 1.03 bits per heavy atom. The molecule has 0 aromatic heterocycles. The molecule has 0 bridgehead atoms. The first-order valence-corrected chi connectivity index (χ1v) is 11.8. The van der Waals surface area contributed by atoms with Crippen LogP contribution in [0.5, 0.6) is 11.5 Å². The van der Waals surface area contributed by atoms with Crippen molar-refractivity contribution in [1.29, 1.82) is 0 Å². The number of carbonyl (C=O) groups is 1. The van der Waals surface area contributed by atoms with Crippen molar-refractivity contribution in [2.45, 2.75) is 54.8 Å². The zero-order valence-corrected chi connectivity index (χ0v) is 20.1. The lowest BCUT2D eigenvalue weighted by atomic mass is 9.85. The van der Waals surface area contributed by atoms with E-state index in [1.54, 1.807) is 12.1 Å². The minimum absolute atomic E-state index is 0.224. The monoisotopic (exact) mass is 526 g/mol. The van der Waals surface area contributed by atoms with Crippen LogP contribution in [0.1, 0.15) is 10.4 Å². The summed E-state index contributed by atoms with van der Waals surface area (Å²) < 4.78 is 39.0. The molecule has 0 amide bonds. The van der Waals surface area contributed by atoms with Gasteiger partial charge in [0.2, 0.25) is 6.29 Å². The van der Waals surface area contributed by atoms with E-state index in [0.717, 1.165) is 0 Å². The van der Waals surface area contributed by atoms with Gasteiger partial charge in [0, 0.05) is 5.92 Å². The summed E-state index contributed by atoms with van der Waals surface area (Å²) in [5.41, 5.74) is -0.918. The van der Waals surface area contributed by atoms with E-state index in [1.165, 1.54) is 32.6 Å². The van der Waals surface area contributed by atoms with Crippen LogP contribution in [-0.4, -0.2) is 114 Å². The van der Waals surface area contributed by atoms with Crippen molar-refractivity contribution in [3.8, 4) is 11.5 Å². The van der Waals surface area contributed by atoms with Gasteiger partial charge in [0.1, 0.15) is 42.2 Å². The van der Waals surface area contributed by atoms with Crippen molar-refractivity contribution in [3.05, 3.63) is 36.1 Å². The number of aliphatic hydroxyl groups is 5. The Labute approximate surface area is 211 Å². The van der Waals surface area contributed by atoms with Crippen molar-refractivity contribution in [3.63, 3.8) is 0 Å². The Kier molecular flexibility index (Phi) is 7.06. The Balaban J connectivity index is 1.34. The molecule has 0 spiro atoms. The summed E-state index contributed by atoms with van der Waals surface area (Å²) in [4.78, 5) is 13.0. The summed E-state index contributed by atoms with van der Waals surface area (Å²) in [6, 6.07) is 4.61. The van der Waals surface area contributed by atoms with Crippen LogP contribution in [0.15, 0.2) is 30.5 Å². The minimum atomic E-state index is -1.65. The first-order chi connectivity index (χ1) is 17.8. The number of carbonyl (C=O) groups excluding carboxylic acids is 1. The molecule has 4 aliphatic rings. The number of ether oxygens (including phenoxy) is 7. The van der Waals surface area contributed by atoms with E-state index >= 15 is 0 Å². The highest BCUT2D eigenvalue weighted by Crippen LogP contribution is 2.60. The molecule has 13 heteroatoms. The van der Waals surface area contributed by atoms with E-state index in [-0.39, 0.29) is 5.56 Å². The number of aliphatic hydroxyl groups excluding tert-OH is 5. The molecule has 13 nitrogen and oxygen atoms in total. The summed E-state index contributed by atoms with van der Waals surface area (Å²) in [5, 5.41) is 50.2. The van der Waals surface area contributed by atoms with Crippen LogP contribution < -0.4 is 9.47 Å². The van der Waals surface area contributed by atoms with Gasteiger partial charge >= 0.3 is 5.97 Å². The van der Waals surface area contributed by atoms with Gasteiger partial charge in [-0.3, -0.25) is 0 Å². The number of esters is 1. The molecule has 2 saturated heterocycles. The number of epoxide rings is 1. The Morgan fingerprint density at radius 2 is 1.78 bits per heavy atom. The average molecular weight is 526 g/mol. The van der Waals surface area contributed by atoms with Gasteiger partial charge in [-0.25, -0.2) is 4.79 Å². The molecule has 1 aliphatic carbocycles. The quantitative estimate of drug-likeness (QED) is 0.191. The Hall–Kier alpha value is -2.49. The molecule has 3 heterocycles. The van der Waals surface area contributed by atoms with E-state index in [0.29, 0.717) is 11.5 Å². The first-order valence-electron chi connectivity index (χ1n) is 11.8. The first kappa shape index (κ1) is 26.1. The number of methoxy groups -OCH3 is 2. The molecule has 1 aromatic carbocycles. The molecule has 0 unspecified atom stereocenters. The number of rotatable bonds is 8. The van der Waals surface area contributed by atoms with E-state index in [1.807, 2.05) is 0 Å². The number of fused-ring (bicyclic) bond motifs is 3. The van der Waals surface area contributed by atoms with Crippen LogP contribution in [0.2, 0.25) is 0 Å². The molecule has 11 atom stereocenters. The fourth-order valence-electron chi connectivity index (χ4n) is 5.44. The van der Waals surface area contributed by atoms with Gasteiger partial charge in [-0.15, -0.1) is 0 Å².